The molecule has 272 valence electrons. The second-order valence-electron chi connectivity index (χ2n) is 10.6. The van der Waals surface area contributed by atoms with Gasteiger partial charge in [-0.15, -0.1) is 0 Å². The number of alkyl halides is 6. The molecule has 0 aliphatic heterocycles. The minimum atomic E-state index is -6.14. The van der Waals surface area contributed by atoms with Gasteiger partial charge in [0.25, 0.3) is 0 Å². The summed E-state index contributed by atoms with van der Waals surface area (Å²) in [4.78, 5) is 0.565. The molecule has 0 unspecified atom stereocenters. The van der Waals surface area contributed by atoms with Gasteiger partial charge in [0.2, 0.25) is 0 Å². The van der Waals surface area contributed by atoms with Crippen molar-refractivity contribution in [1.82, 2.24) is 0 Å². The molecule has 0 bridgehead atoms. The first kappa shape index (κ1) is 38.6. The van der Waals surface area contributed by atoms with Gasteiger partial charge in [-0.05, 0) is 13.8 Å². The molecule has 0 aliphatic rings. The summed E-state index contributed by atoms with van der Waals surface area (Å²) >= 11 is -3.64. The molecule has 0 N–H and O–H groups in total. The van der Waals surface area contributed by atoms with Crippen molar-refractivity contribution < 1.29 is 54.1 Å². The number of hydrogen-bond donors (Lipinski definition) is 0. The van der Waals surface area contributed by atoms with Crippen LogP contribution in [0, 0.1) is 21.0 Å². The number of rotatable bonds is 11. The van der Waals surface area contributed by atoms with Crippen LogP contribution in [0.3, 0.4) is 0 Å². The van der Waals surface area contributed by atoms with Gasteiger partial charge in [0.1, 0.15) is 0 Å². The van der Waals surface area contributed by atoms with Crippen LogP contribution in [-0.2, 0) is 26.4 Å². The van der Waals surface area contributed by atoms with Crippen molar-refractivity contribution in [2.24, 2.45) is 0 Å². The second-order valence-corrected chi connectivity index (χ2v) is 21.5. The Balaban J connectivity index is 1.54. The van der Waals surface area contributed by atoms with E-state index in [1.165, 1.54) is 72.8 Å². The quantitative estimate of drug-likeness (QED) is 0.0741. The van der Waals surface area contributed by atoms with Crippen molar-refractivity contribution in [2.75, 3.05) is 0 Å². The molecule has 0 spiro atoms. The molecular formula is C34H27F6IO7S3. The molecule has 0 aliphatic carbocycles. The van der Waals surface area contributed by atoms with Crippen molar-refractivity contribution in [3.8, 4) is 11.5 Å². The number of ether oxygens (including phenoxy) is 1. The summed E-state index contributed by atoms with van der Waals surface area (Å²) in [6.07, 6.45) is 0. The smallest absolute Gasteiger partial charge is 0.0619 e. The molecular weight excluding hydrogens is 857 g/mol. The summed E-state index contributed by atoms with van der Waals surface area (Å²) in [5, 5.41) is 0. The number of benzene rings is 5. The van der Waals surface area contributed by atoms with E-state index in [1.54, 1.807) is 68.4 Å². The Hall–Kier alpha value is -3.62. The van der Waals surface area contributed by atoms with Crippen molar-refractivity contribution in [3.63, 3.8) is 0 Å². The van der Waals surface area contributed by atoms with Crippen molar-refractivity contribution in [2.45, 2.75) is 39.6 Å². The van der Waals surface area contributed by atoms with Gasteiger partial charge in [-0.25, -0.2) is 0 Å². The van der Waals surface area contributed by atoms with E-state index in [0.717, 1.165) is 0 Å². The average molecular weight is 885 g/mol. The van der Waals surface area contributed by atoms with Crippen molar-refractivity contribution >= 4 is 50.8 Å². The average Bonchev–Trinajstić information content (AvgIpc) is 3.07. The molecule has 0 amide bonds. The number of hydrogen-bond acceptors (Lipinski definition) is 7. The first-order chi connectivity index (χ1) is 23.9. The SMILES string of the molecule is Cc1ccccc1S(OS(=O)(=O)C(F)(F)F)(c1ccc(Oc2ccc(I(OS(=O)(=O)C(F)(F)F)c3ccccc3)cc2)cc1)c1ccccc1C. The predicted octanol–water partition coefficient (Wildman–Crippen LogP) is 10.5. The summed E-state index contributed by atoms with van der Waals surface area (Å²) < 4.78 is 147. The summed E-state index contributed by atoms with van der Waals surface area (Å²) in [5.41, 5.74) is -10.4. The predicted molar refractivity (Wildman–Crippen MR) is 188 cm³/mol. The van der Waals surface area contributed by atoms with Crippen LogP contribution in [-0.4, -0.2) is 27.9 Å². The summed E-state index contributed by atoms with van der Waals surface area (Å²) in [6.45, 7) is 3.27. The number of halogens is 7. The van der Waals surface area contributed by atoms with Crippen LogP contribution in [0.2, 0.25) is 0 Å². The fourth-order valence-electron chi connectivity index (χ4n) is 4.71. The van der Waals surface area contributed by atoms with Crippen LogP contribution in [0.1, 0.15) is 11.1 Å². The summed E-state index contributed by atoms with van der Waals surface area (Å²) in [6, 6.07) is 31.6. The van der Waals surface area contributed by atoms with E-state index in [2.05, 4.69) is 0 Å². The topological polar surface area (TPSA) is 96.0 Å². The molecule has 17 heteroatoms. The van der Waals surface area contributed by atoms with Crippen LogP contribution in [0.4, 0.5) is 26.3 Å². The molecule has 0 heterocycles. The molecule has 0 saturated heterocycles. The molecule has 5 rings (SSSR count). The minimum Gasteiger partial charge on any atom is -0.0619 e. The van der Waals surface area contributed by atoms with Gasteiger partial charge in [0.15, 0.2) is 0 Å². The van der Waals surface area contributed by atoms with Gasteiger partial charge in [0, 0.05) is 0 Å². The van der Waals surface area contributed by atoms with Crippen LogP contribution in [0.5, 0.6) is 11.5 Å². The summed E-state index contributed by atoms with van der Waals surface area (Å²) in [7, 11) is -15.6. The second kappa shape index (κ2) is 14.8. The fraction of sp³-hybridized carbons (Fsp3) is 0.118. The molecule has 0 fully saturated rings. The molecule has 0 atom stereocenters. The van der Waals surface area contributed by atoms with Crippen molar-refractivity contribution in [3.05, 3.63) is 146 Å². The van der Waals surface area contributed by atoms with Gasteiger partial charge in [-0.2, -0.15) is 21.6 Å². The third-order valence-corrected chi connectivity index (χ3v) is 19.3. The zero-order valence-corrected chi connectivity index (χ0v) is 31.0. The monoisotopic (exact) mass is 884 g/mol. The maximum atomic E-state index is 13.9. The zero-order valence-electron chi connectivity index (χ0n) is 26.4. The Morgan fingerprint density at radius 1 is 0.510 bits per heavy atom. The van der Waals surface area contributed by atoms with Crippen LogP contribution < -0.4 is 4.74 Å². The first-order valence-corrected chi connectivity index (χ1v) is 21.9. The Bertz CT molecular complexity index is 2170. The molecule has 0 radical (unpaired) electrons. The Kier molecular flexibility index (Phi) is 11.2. The molecule has 7 nitrogen and oxygen atoms in total. The van der Waals surface area contributed by atoms with Crippen molar-refractivity contribution in [1.29, 1.82) is 0 Å². The number of aryl methyl sites for hydroxylation is 2. The fourth-order valence-corrected chi connectivity index (χ4v) is 16.3. The maximum absolute atomic E-state index is 13.9. The summed E-state index contributed by atoms with van der Waals surface area (Å²) in [5.74, 6) is 0.351. The van der Waals surface area contributed by atoms with E-state index in [0.29, 0.717) is 14.7 Å². The third kappa shape index (κ3) is 8.23. The van der Waals surface area contributed by atoms with E-state index in [-0.39, 0.29) is 29.8 Å². The van der Waals surface area contributed by atoms with Crippen LogP contribution in [0.15, 0.2) is 142 Å². The Morgan fingerprint density at radius 2 is 0.922 bits per heavy atom. The van der Waals surface area contributed by atoms with E-state index in [4.69, 9.17) is 10.9 Å². The van der Waals surface area contributed by atoms with E-state index < -0.39 is 61.8 Å². The molecule has 0 saturated carbocycles. The molecule has 5 aromatic carbocycles. The normalized spacial score (nSPS) is 13.5. The van der Waals surface area contributed by atoms with Gasteiger partial charge < -0.3 is 0 Å². The standard InChI is InChI=1S/C34H27F6IO7S3/c1-24-10-6-8-14-31(24)49(32-15-9-7-11-25(32)2,48-51(44,45)34(38,39)40)30-22-20-29(21-23-30)46-28-18-16-27(17-19-28)41(26-12-4-3-5-13-26)47-50(42,43)33(35,36)37/h3-23H,1-2H3. The first-order valence-electron chi connectivity index (χ1n) is 14.5. The van der Waals surface area contributed by atoms with Crippen LogP contribution in [0.25, 0.3) is 0 Å². The van der Waals surface area contributed by atoms with Gasteiger partial charge in [-0.1, -0.05) is 36.4 Å². The molecule has 0 aromatic heterocycles. The minimum absolute atomic E-state index is 0.113. The van der Waals surface area contributed by atoms with Gasteiger partial charge in [0.05, 0.1) is 0 Å². The van der Waals surface area contributed by atoms with Gasteiger partial charge in [-0.3, -0.25) is 0 Å². The molecule has 51 heavy (non-hydrogen) atoms. The zero-order chi connectivity index (χ0) is 37.2. The van der Waals surface area contributed by atoms with Crippen LogP contribution >= 0.6 is 30.5 Å². The molecule has 5 aromatic rings. The van der Waals surface area contributed by atoms with E-state index in [9.17, 15) is 43.2 Å². The van der Waals surface area contributed by atoms with E-state index >= 15 is 0 Å². The Morgan fingerprint density at radius 3 is 1.37 bits per heavy atom. The van der Waals surface area contributed by atoms with Gasteiger partial charge >= 0.3 is 230 Å². The van der Waals surface area contributed by atoms with E-state index in [1.807, 2.05) is 0 Å². The third-order valence-electron chi connectivity index (χ3n) is 7.05. The Labute approximate surface area is 299 Å².